The minimum absolute atomic E-state index is 0.183. The predicted octanol–water partition coefficient (Wildman–Crippen LogP) is 4.53. The maximum absolute atomic E-state index is 14.0. The van der Waals surface area contributed by atoms with E-state index in [1.807, 2.05) is 0 Å². The van der Waals surface area contributed by atoms with Crippen molar-refractivity contribution in [1.29, 1.82) is 5.26 Å². The molecule has 1 aromatic carbocycles. The number of fused-ring (bicyclic) bond motifs is 1. The van der Waals surface area contributed by atoms with Crippen LogP contribution in [0.3, 0.4) is 0 Å². The highest BCUT2D eigenvalue weighted by atomic mass is 19.4. The third kappa shape index (κ3) is 3.99. The summed E-state index contributed by atoms with van der Waals surface area (Å²) in [6.07, 6.45) is -0.141. The van der Waals surface area contributed by atoms with Crippen molar-refractivity contribution < 1.29 is 18.3 Å². The van der Waals surface area contributed by atoms with Crippen LogP contribution in [-0.2, 0) is 5.60 Å². The Morgan fingerprint density at radius 2 is 1.94 bits per heavy atom. The number of hydrogen-bond donors (Lipinski definition) is 3. The molecule has 11 heteroatoms. The van der Waals surface area contributed by atoms with Crippen LogP contribution < -0.4 is 10.9 Å². The number of aliphatic hydroxyl groups is 1. The van der Waals surface area contributed by atoms with Gasteiger partial charge in [0.1, 0.15) is 5.39 Å². The lowest BCUT2D eigenvalue weighted by atomic mass is 9.89. The lowest BCUT2D eigenvalue weighted by Gasteiger charge is -2.30. The van der Waals surface area contributed by atoms with Crippen LogP contribution in [-0.4, -0.2) is 31.0 Å². The van der Waals surface area contributed by atoms with Crippen molar-refractivity contribution in [3.63, 3.8) is 0 Å². The first kappa shape index (κ1) is 23.6. The van der Waals surface area contributed by atoms with Gasteiger partial charge in [0, 0.05) is 18.1 Å². The second-order valence-corrected chi connectivity index (χ2v) is 8.75. The maximum Gasteiger partial charge on any atom is 0.427 e. The van der Waals surface area contributed by atoms with Gasteiger partial charge in [-0.3, -0.25) is 14.5 Å². The first-order valence-electron chi connectivity index (χ1n) is 11.3. The van der Waals surface area contributed by atoms with E-state index in [-0.39, 0.29) is 29.2 Å². The van der Waals surface area contributed by atoms with E-state index in [1.54, 1.807) is 10.7 Å². The molecule has 8 nitrogen and oxygen atoms in total. The first-order valence-corrected chi connectivity index (χ1v) is 11.3. The fourth-order valence-electron chi connectivity index (χ4n) is 4.43. The Hall–Kier alpha value is -4.17. The molecule has 3 N–H and O–H groups in total. The highest BCUT2D eigenvalue weighted by molar-refractivity contribution is 5.91. The van der Waals surface area contributed by atoms with E-state index in [1.165, 1.54) is 36.7 Å². The minimum Gasteiger partial charge on any atom is -0.371 e. The van der Waals surface area contributed by atoms with Gasteiger partial charge < -0.3 is 15.4 Å². The number of rotatable bonds is 7. The molecule has 3 heterocycles. The number of benzene rings is 1. The number of halogens is 3. The predicted molar refractivity (Wildman–Crippen MR) is 125 cm³/mol. The van der Waals surface area contributed by atoms with E-state index in [4.69, 9.17) is 0 Å². The number of nitrogens with one attached hydrogen (secondary N) is 2. The first-order chi connectivity index (χ1) is 17.2. The number of aromatic amines is 1. The van der Waals surface area contributed by atoms with E-state index in [2.05, 4.69) is 26.5 Å². The summed E-state index contributed by atoms with van der Waals surface area (Å²) >= 11 is 0. The number of anilines is 2. The van der Waals surface area contributed by atoms with Gasteiger partial charge in [0.2, 0.25) is 5.60 Å². The third-order valence-corrected chi connectivity index (χ3v) is 6.42. The molecule has 4 aromatic rings. The van der Waals surface area contributed by atoms with Crippen molar-refractivity contribution in [1.82, 2.24) is 19.7 Å². The molecular formula is C25H21F3N6O2. The summed E-state index contributed by atoms with van der Waals surface area (Å²) in [5.74, 6) is 0.518. The van der Waals surface area contributed by atoms with Gasteiger partial charge in [-0.05, 0) is 54.7 Å². The van der Waals surface area contributed by atoms with Crippen molar-refractivity contribution in [2.45, 2.75) is 37.1 Å². The molecule has 0 amide bonds. The summed E-state index contributed by atoms with van der Waals surface area (Å²) in [6.45, 7) is 0. The molecule has 3 aromatic heterocycles. The Bertz CT molecular complexity index is 1490. The molecule has 36 heavy (non-hydrogen) atoms. The van der Waals surface area contributed by atoms with E-state index in [0.717, 1.165) is 31.0 Å². The van der Waals surface area contributed by atoms with Gasteiger partial charge in [0.25, 0.3) is 5.56 Å². The molecule has 1 aliphatic rings. The number of alkyl halides is 3. The molecule has 1 saturated carbocycles. The van der Waals surface area contributed by atoms with Crippen molar-refractivity contribution in [3.8, 4) is 6.07 Å². The number of aromatic nitrogens is 4. The Balaban J connectivity index is 1.52. The van der Waals surface area contributed by atoms with Crippen LogP contribution in [0.2, 0.25) is 0 Å². The quantitative estimate of drug-likeness (QED) is 0.347. The molecule has 0 bridgehead atoms. The largest absolute Gasteiger partial charge is 0.427 e. The van der Waals surface area contributed by atoms with Gasteiger partial charge in [-0.1, -0.05) is 18.2 Å². The van der Waals surface area contributed by atoms with Crippen LogP contribution >= 0.6 is 0 Å². The van der Waals surface area contributed by atoms with E-state index in [0.29, 0.717) is 17.1 Å². The Morgan fingerprint density at radius 1 is 1.19 bits per heavy atom. The minimum atomic E-state index is -5.02. The van der Waals surface area contributed by atoms with Crippen molar-refractivity contribution in [2.75, 3.05) is 5.32 Å². The summed E-state index contributed by atoms with van der Waals surface area (Å²) in [5.41, 5.74) is -3.71. The van der Waals surface area contributed by atoms with Gasteiger partial charge >= 0.3 is 6.18 Å². The summed E-state index contributed by atoms with van der Waals surface area (Å²) in [4.78, 5) is 19.0. The van der Waals surface area contributed by atoms with Gasteiger partial charge in [-0.15, -0.1) is 0 Å². The summed E-state index contributed by atoms with van der Waals surface area (Å²) in [7, 11) is 0. The average molecular weight is 494 g/mol. The normalized spacial score (nSPS) is 16.3. The zero-order chi connectivity index (χ0) is 25.5. The smallest absolute Gasteiger partial charge is 0.371 e. The van der Waals surface area contributed by atoms with E-state index in [9.17, 15) is 28.3 Å². The van der Waals surface area contributed by atoms with E-state index < -0.39 is 23.0 Å². The lowest BCUT2D eigenvalue weighted by Crippen LogP contribution is -2.44. The van der Waals surface area contributed by atoms with Crippen LogP contribution in [0.1, 0.15) is 36.6 Å². The third-order valence-electron chi connectivity index (χ3n) is 6.42. The molecular weight excluding hydrogens is 473 g/mol. The van der Waals surface area contributed by atoms with Crippen LogP contribution in [0.15, 0.2) is 65.7 Å². The van der Waals surface area contributed by atoms with Crippen LogP contribution in [0, 0.1) is 17.2 Å². The zero-order valence-electron chi connectivity index (χ0n) is 18.8. The summed E-state index contributed by atoms with van der Waals surface area (Å²) in [5, 5.41) is 27.9. The lowest BCUT2D eigenvalue weighted by molar-refractivity contribution is -0.249. The second-order valence-electron chi connectivity index (χ2n) is 8.75. The fraction of sp³-hybridized carbons (Fsp3) is 0.280. The average Bonchev–Trinajstić information content (AvgIpc) is 3.64. The van der Waals surface area contributed by atoms with Gasteiger partial charge in [0.15, 0.2) is 5.82 Å². The van der Waals surface area contributed by atoms with Gasteiger partial charge in [-0.2, -0.15) is 23.5 Å². The highest BCUT2D eigenvalue weighted by Gasteiger charge is 2.57. The van der Waals surface area contributed by atoms with Crippen molar-refractivity contribution in [3.05, 3.63) is 82.5 Å². The Kier molecular flexibility index (Phi) is 5.76. The fourth-order valence-corrected chi connectivity index (χ4v) is 4.43. The monoisotopic (exact) mass is 494 g/mol. The van der Waals surface area contributed by atoms with Gasteiger partial charge in [0.05, 0.1) is 29.7 Å². The summed E-state index contributed by atoms with van der Waals surface area (Å²) in [6, 6.07) is 12.7. The molecule has 1 unspecified atom stereocenters. The number of pyridine rings is 2. The van der Waals surface area contributed by atoms with Crippen molar-refractivity contribution >= 4 is 22.4 Å². The van der Waals surface area contributed by atoms with Crippen LogP contribution in [0.4, 0.5) is 24.7 Å². The molecule has 0 spiro atoms. The second kappa shape index (κ2) is 8.80. The van der Waals surface area contributed by atoms with Crippen LogP contribution in [0.25, 0.3) is 10.9 Å². The summed E-state index contributed by atoms with van der Waals surface area (Å²) < 4.78 is 43.6. The molecule has 1 fully saturated rings. The molecule has 184 valence electrons. The maximum atomic E-state index is 14.0. The highest BCUT2D eigenvalue weighted by Crippen LogP contribution is 2.44. The molecule has 1 aliphatic carbocycles. The standard InChI is InChI=1S/C25H21F3N6O2/c26-25(27,28)24(36,20-3-1-2-13-30-20)16-6-8-17(9-7-16)32-22-21-19(11-14-31-23(21)35)34(33-22)18(10-12-29)15-4-5-15/h1-3,6-9,11,13-15,18,36H,4-5,10H2,(H,31,35)(H,32,33)/t18-,24?/m0/s1. The SMILES string of the molecule is N#CC[C@@H](C1CC1)n1nc(Nc2ccc(C(O)(c3ccccn3)C(F)(F)F)cc2)c2c(=O)[nH]ccc21. The molecule has 0 aliphatic heterocycles. The van der Waals surface area contributed by atoms with Gasteiger partial charge in [-0.25, -0.2) is 0 Å². The molecule has 0 radical (unpaired) electrons. The molecule has 0 saturated heterocycles. The Morgan fingerprint density at radius 3 is 2.56 bits per heavy atom. The number of nitriles is 1. The topological polar surface area (TPSA) is 120 Å². The zero-order valence-corrected chi connectivity index (χ0v) is 18.8. The number of hydrogen-bond acceptors (Lipinski definition) is 6. The van der Waals surface area contributed by atoms with E-state index >= 15 is 0 Å². The molecule has 5 rings (SSSR count). The number of nitrogens with zero attached hydrogens (tertiary/aromatic N) is 4. The Labute approximate surface area is 203 Å². The molecule has 2 atom stereocenters. The number of H-pyrrole nitrogens is 1. The van der Waals surface area contributed by atoms with Crippen LogP contribution in [0.5, 0.6) is 0 Å². The van der Waals surface area contributed by atoms with Crippen molar-refractivity contribution in [2.24, 2.45) is 5.92 Å².